The minimum atomic E-state index is -4.26. The summed E-state index contributed by atoms with van der Waals surface area (Å²) >= 11 is 0. The van der Waals surface area contributed by atoms with Crippen LogP contribution in [0.15, 0.2) is 24.3 Å². The fourth-order valence-electron chi connectivity index (χ4n) is 2.43. The van der Waals surface area contributed by atoms with Crippen molar-refractivity contribution in [3.63, 3.8) is 0 Å². The van der Waals surface area contributed by atoms with Gasteiger partial charge in [-0.1, -0.05) is 25.1 Å². The number of halogens is 3. The Morgan fingerprint density at radius 3 is 2.89 bits per heavy atom. The Morgan fingerprint density at radius 2 is 2.16 bits per heavy atom. The van der Waals surface area contributed by atoms with E-state index in [0.29, 0.717) is 12.5 Å². The van der Waals surface area contributed by atoms with Crippen molar-refractivity contribution < 1.29 is 13.2 Å². The highest BCUT2D eigenvalue weighted by Crippen LogP contribution is 2.29. The van der Waals surface area contributed by atoms with Gasteiger partial charge in [0.05, 0.1) is 5.56 Å². The Kier molecular flexibility index (Phi) is 4.47. The first-order chi connectivity index (χ1) is 8.95. The Morgan fingerprint density at radius 1 is 1.37 bits per heavy atom. The lowest BCUT2D eigenvalue weighted by Gasteiger charge is -2.22. The maximum absolute atomic E-state index is 12.6. The van der Waals surface area contributed by atoms with E-state index in [4.69, 9.17) is 0 Å². The molecule has 0 aliphatic carbocycles. The Labute approximate surface area is 111 Å². The van der Waals surface area contributed by atoms with Crippen molar-refractivity contribution in [3.8, 4) is 0 Å². The second-order valence-electron chi connectivity index (χ2n) is 5.24. The lowest BCUT2D eigenvalue weighted by atomic mass is 10.1. The van der Waals surface area contributed by atoms with Crippen molar-refractivity contribution in [2.24, 2.45) is 5.92 Å². The standard InChI is InChI=1S/C14H19F3N2/c1-11-8-18-5-6-19(9-11)10-12-3-2-4-13(7-12)14(15,16)17/h2-4,7,11,18H,5-6,8-10H2,1H3. The SMILES string of the molecule is CC1CNCCN(Cc2cccc(C(F)(F)F)c2)C1. The molecule has 1 fully saturated rings. The molecule has 0 bridgehead atoms. The average molecular weight is 272 g/mol. The Bertz CT molecular complexity index is 417. The third kappa shape index (κ3) is 4.21. The van der Waals surface area contributed by atoms with E-state index in [1.807, 2.05) is 0 Å². The van der Waals surface area contributed by atoms with Gasteiger partial charge in [-0.05, 0) is 24.1 Å². The molecule has 1 aromatic carbocycles. The molecule has 0 radical (unpaired) electrons. The summed E-state index contributed by atoms with van der Waals surface area (Å²) in [5.41, 5.74) is 0.162. The van der Waals surface area contributed by atoms with Crippen LogP contribution in [0.3, 0.4) is 0 Å². The van der Waals surface area contributed by atoms with Crippen LogP contribution in [0.4, 0.5) is 13.2 Å². The molecule has 1 aliphatic heterocycles. The topological polar surface area (TPSA) is 15.3 Å². The monoisotopic (exact) mass is 272 g/mol. The molecule has 0 aromatic heterocycles. The number of nitrogens with one attached hydrogen (secondary N) is 1. The predicted molar refractivity (Wildman–Crippen MR) is 68.8 cm³/mol. The molecule has 2 nitrogen and oxygen atoms in total. The summed E-state index contributed by atoms with van der Waals surface area (Å²) in [6.45, 7) is 6.39. The van der Waals surface area contributed by atoms with Crippen LogP contribution in [0.1, 0.15) is 18.1 Å². The van der Waals surface area contributed by atoms with Gasteiger partial charge in [-0.25, -0.2) is 0 Å². The third-order valence-corrected chi connectivity index (χ3v) is 3.33. The summed E-state index contributed by atoms with van der Waals surface area (Å²) in [5.74, 6) is 0.522. The van der Waals surface area contributed by atoms with Gasteiger partial charge in [0, 0.05) is 26.2 Å². The van der Waals surface area contributed by atoms with E-state index >= 15 is 0 Å². The maximum atomic E-state index is 12.6. The molecule has 0 amide bonds. The first-order valence-electron chi connectivity index (χ1n) is 6.54. The smallest absolute Gasteiger partial charge is 0.315 e. The van der Waals surface area contributed by atoms with E-state index in [1.54, 1.807) is 6.07 Å². The van der Waals surface area contributed by atoms with Gasteiger partial charge in [-0.3, -0.25) is 4.90 Å². The van der Waals surface area contributed by atoms with Crippen molar-refractivity contribution in [3.05, 3.63) is 35.4 Å². The van der Waals surface area contributed by atoms with Crippen LogP contribution in [0.2, 0.25) is 0 Å². The molecule has 1 N–H and O–H groups in total. The van der Waals surface area contributed by atoms with Gasteiger partial charge >= 0.3 is 6.18 Å². The van der Waals surface area contributed by atoms with Crippen molar-refractivity contribution in [2.45, 2.75) is 19.6 Å². The number of benzene rings is 1. The molecule has 2 rings (SSSR count). The van der Waals surface area contributed by atoms with Gasteiger partial charge in [0.1, 0.15) is 0 Å². The molecule has 1 unspecified atom stereocenters. The summed E-state index contributed by atoms with van der Waals surface area (Å²) in [6.07, 6.45) is -4.26. The van der Waals surface area contributed by atoms with Gasteiger partial charge in [0.2, 0.25) is 0 Å². The maximum Gasteiger partial charge on any atom is 0.416 e. The summed E-state index contributed by atoms with van der Waals surface area (Å²) in [4.78, 5) is 2.21. The zero-order chi connectivity index (χ0) is 13.9. The first kappa shape index (κ1) is 14.3. The molecule has 1 heterocycles. The van der Waals surface area contributed by atoms with E-state index in [1.165, 1.54) is 12.1 Å². The van der Waals surface area contributed by atoms with Crippen molar-refractivity contribution in [1.29, 1.82) is 0 Å². The molecular weight excluding hydrogens is 253 g/mol. The highest BCUT2D eigenvalue weighted by atomic mass is 19.4. The van der Waals surface area contributed by atoms with E-state index in [2.05, 4.69) is 17.1 Å². The van der Waals surface area contributed by atoms with Crippen molar-refractivity contribution >= 4 is 0 Å². The zero-order valence-corrected chi connectivity index (χ0v) is 11.0. The lowest BCUT2D eigenvalue weighted by molar-refractivity contribution is -0.137. The lowest BCUT2D eigenvalue weighted by Crippen LogP contribution is -2.29. The minimum Gasteiger partial charge on any atom is -0.315 e. The average Bonchev–Trinajstić information content (AvgIpc) is 2.53. The molecular formula is C14H19F3N2. The van der Waals surface area contributed by atoms with E-state index < -0.39 is 11.7 Å². The van der Waals surface area contributed by atoms with E-state index in [-0.39, 0.29) is 0 Å². The summed E-state index contributed by atoms with van der Waals surface area (Å²) in [7, 11) is 0. The normalized spacial score (nSPS) is 22.2. The van der Waals surface area contributed by atoms with Crippen LogP contribution in [-0.2, 0) is 12.7 Å². The zero-order valence-electron chi connectivity index (χ0n) is 11.0. The van der Waals surface area contributed by atoms with Crippen LogP contribution in [-0.4, -0.2) is 31.1 Å². The number of hydrogen-bond donors (Lipinski definition) is 1. The fraction of sp³-hybridized carbons (Fsp3) is 0.571. The van der Waals surface area contributed by atoms with Gasteiger partial charge in [0.25, 0.3) is 0 Å². The van der Waals surface area contributed by atoms with Crippen molar-refractivity contribution in [1.82, 2.24) is 10.2 Å². The molecule has 19 heavy (non-hydrogen) atoms. The van der Waals surface area contributed by atoms with Crippen LogP contribution in [0.25, 0.3) is 0 Å². The molecule has 1 aromatic rings. The van der Waals surface area contributed by atoms with Crippen LogP contribution in [0, 0.1) is 5.92 Å². The third-order valence-electron chi connectivity index (χ3n) is 3.33. The summed E-state index contributed by atoms with van der Waals surface area (Å²) in [5, 5.41) is 3.33. The molecule has 0 saturated carbocycles. The molecule has 0 spiro atoms. The van der Waals surface area contributed by atoms with E-state index in [0.717, 1.165) is 37.8 Å². The van der Waals surface area contributed by atoms with Crippen LogP contribution in [0.5, 0.6) is 0 Å². The number of rotatable bonds is 2. The summed E-state index contributed by atoms with van der Waals surface area (Å²) in [6, 6.07) is 5.62. The molecule has 1 saturated heterocycles. The quantitative estimate of drug-likeness (QED) is 0.890. The fourth-order valence-corrected chi connectivity index (χ4v) is 2.43. The Hall–Kier alpha value is -1.07. The molecule has 1 atom stereocenters. The first-order valence-corrected chi connectivity index (χ1v) is 6.54. The Balaban J connectivity index is 2.06. The van der Waals surface area contributed by atoms with Gasteiger partial charge < -0.3 is 5.32 Å². The van der Waals surface area contributed by atoms with Gasteiger partial charge in [0.15, 0.2) is 0 Å². The molecule has 1 aliphatic rings. The van der Waals surface area contributed by atoms with E-state index in [9.17, 15) is 13.2 Å². The second-order valence-corrected chi connectivity index (χ2v) is 5.24. The highest BCUT2D eigenvalue weighted by molar-refractivity contribution is 5.25. The van der Waals surface area contributed by atoms with Crippen molar-refractivity contribution in [2.75, 3.05) is 26.2 Å². The number of alkyl halides is 3. The number of nitrogens with zero attached hydrogens (tertiary/aromatic N) is 1. The second kappa shape index (κ2) is 5.92. The van der Waals surface area contributed by atoms with Crippen LogP contribution >= 0.6 is 0 Å². The molecule has 5 heteroatoms. The summed E-state index contributed by atoms with van der Waals surface area (Å²) < 4.78 is 37.9. The molecule has 106 valence electrons. The minimum absolute atomic E-state index is 0.522. The van der Waals surface area contributed by atoms with Gasteiger partial charge in [-0.2, -0.15) is 13.2 Å². The number of hydrogen-bond acceptors (Lipinski definition) is 2. The van der Waals surface area contributed by atoms with Crippen LogP contribution < -0.4 is 5.32 Å². The largest absolute Gasteiger partial charge is 0.416 e. The van der Waals surface area contributed by atoms with Gasteiger partial charge in [-0.15, -0.1) is 0 Å². The highest BCUT2D eigenvalue weighted by Gasteiger charge is 2.30. The predicted octanol–water partition coefficient (Wildman–Crippen LogP) is 2.75.